The summed E-state index contributed by atoms with van der Waals surface area (Å²) < 4.78 is 8.67. The van der Waals surface area contributed by atoms with Gasteiger partial charge in [0.05, 0.1) is 16.9 Å². The van der Waals surface area contributed by atoms with Crippen LogP contribution in [0, 0.1) is 0 Å². The molecule has 0 radical (unpaired) electrons. The first-order chi connectivity index (χ1) is 20.5. The van der Waals surface area contributed by atoms with E-state index >= 15 is 0 Å². The number of carbonyl (C=O) groups excluding carboxylic acids is 1. The standard InChI is InChI=1S/C33H31BrN6O2/c1-39(32(41)28-21-40(29-15-9-8-14-27(28)29)19-17-24-10-4-2-5-11-24)23-33(42-22-31-35-37-38-36-31)18-16-26(20-30(33)34)25-12-6-3-7-13-25/h2-16,18,20-21,30H,17,19,22-23H2,1H3,(H,35,36,37,38). The van der Waals surface area contributed by atoms with E-state index in [1.54, 1.807) is 4.90 Å². The van der Waals surface area contributed by atoms with Gasteiger partial charge in [-0.15, -0.1) is 5.10 Å². The first-order valence-corrected chi connectivity index (χ1v) is 14.8. The van der Waals surface area contributed by atoms with Crippen molar-refractivity contribution in [3.05, 3.63) is 132 Å². The van der Waals surface area contributed by atoms with Crippen molar-refractivity contribution in [2.24, 2.45) is 0 Å². The molecule has 42 heavy (non-hydrogen) atoms. The minimum absolute atomic E-state index is 0.0695. The molecule has 2 aromatic heterocycles. The summed E-state index contributed by atoms with van der Waals surface area (Å²) in [5.74, 6) is 0.440. The van der Waals surface area contributed by atoms with Gasteiger partial charge in [0.2, 0.25) is 0 Å². The summed E-state index contributed by atoms with van der Waals surface area (Å²) in [5.41, 5.74) is 4.30. The van der Waals surface area contributed by atoms with Crippen LogP contribution in [-0.2, 0) is 24.3 Å². The van der Waals surface area contributed by atoms with Crippen LogP contribution in [0.2, 0.25) is 0 Å². The number of amides is 1. The van der Waals surface area contributed by atoms with E-state index < -0.39 is 5.60 Å². The number of alkyl halides is 1. The lowest BCUT2D eigenvalue weighted by Crippen LogP contribution is -2.50. The van der Waals surface area contributed by atoms with Gasteiger partial charge in [-0.3, -0.25) is 4.79 Å². The Kier molecular flexibility index (Phi) is 8.12. The van der Waals surface area contributed by atoms with Gasteiger partial charge in [0.15, 0.2) is 5.82 Å². The van der Waals surface area contributed by atoms with Crippen molar-refractivity contribution in [3.63, 3.8) is 0 Å². The Hall–Kier alpha value is -4.34. The van der Waals surface area contributed by atoms with Gasteiger partial charge in [0.1, 0.15) is 12.2 Å². The van der Waals surface area contributed by atoms with Crippen molar-refractivity contribution in [2.75, 3.05) is 13.6 Å². The van der Waals surface area contributed by atoms with Crippen molar-refractivity contribution in [2.45, 2.75) is 30.0 Å². The molecule has 0 saturated carbocycles. The lowest BCUT2D eigenvalue weighted by Gasteiger charge is -2.39. The fourth-order valence-corrected chi connectivity index (χ4v) is 6.11. The highest BCUT2D eigenvalue weighted by Crippen LogP contribution is 2.36. The number of tetrazole rings is 1. The van der Waals surface area contributed by atoms with Gasteiger partial charge in [-0.25, -0.2) is 5.10 Å². The summed E-state index contributed by atoms with van der Waals surface area (Å²) in [4.78, 5) is 15.6. The number of aromatic amines is 1. The van der Waals surface area contributed by atoms with Crippen molar-refractivity contribution in [3.8, 4) is 0 Å². The maximum Gasteiger partial charge on any atom is 0.255 e. The first kappa shape index (κ1) is 27.8. The Bertz CT molecular complexity index is 1720. The summed E-state index contributed by atoms with van der Waals surface area (Å²) in [6, 6.07) is 28.7. The molecule has 2 heterocycles. The van der Waals surface area contributed by atoms with E-state index in [1.807, 2.05) is 61.8 Å². The number of fused-ring (bicyclic) bond motifs is 1. The van der Waals surface area contributed by atoms with Gasteiger partial charge < -0.3 is 14.2 Å². The highest BCUT2D eigenvalue weighted by atomic mass is 79.9. The van der Waals surface area contributed by atoms with E-state index in [2.05, 4.69) is 95.7 Å². The Labute approximate surface area is 252 Å². The topological polar surface area (TPSA) is 88.9 Å². The molecular weight excluding hydrogens is 592 g/mol. The molecule has 0 saturated heterocycles. The number of para-hydroxylation sites is 1. The second-order valence-electron chi connectivity index (χ2n) is 10.5. The van der Waals surface area contributed by atoms with E-state index in [-0.39, 0.29) is 17.3 Å². The van der Waals surface area contributed by atoms with Crippen LogP contribution < -0.4 is 0 Å². The van der Waals surface area contributed by atoms with Gasteiger partial charge in [-0.2, -0.15) is 0 Å². The van der Waals surface area contributed by atoms with Crippen LogP contribution in [0.3, 0.4) is 0 Å². The Morgan fingerprint density at radius 3 is 2.52 bits per heavy atom. The van der Waals surface area contributed by atoms with Gasteiger partial charge in [0.25, 0.3) is 5.91 Å². The summed E-state index contributed by atoms with van der Waals surface area (Å²) in [7, 11) is 1.82. The number of halogens is 1. The number of nitrogens with one attached hydrogen (secondary N) is 1. The average molecular weight is 624 g/mol. The molecule has 0 bridgehead atoms. The molecule has 6 rings (SSSR count). The molecule has 3 aromatic carbocycles. The SMILES string of the molecule is CN(CC1(OCc2nnn[nH]2)C=CC(c2ccccc2)=CC1Br)C(=O)c1cn(CCc2ccccc2)c2ccccc12. The van der Waals surface area contributed by atoms with Crippen molar-refractivity contribution in [1.29, 1.82) is 0 Å². The first-order valence-electron chi connectivity index (χ1n) is 13.9. The van der Waals surface area contributed by atoms with Crippen molar-refractivity contribution < 1.29 is 9.53 Å². The third kappa shape index (κ3) is 5.84. The van der Waals surface area contributed by atoms with E-state index in [1.165, 1.54) is 5.56 Å². The molecule has 1 aliphatic carbocycles. The molecule has 8 nitrogen and oxygen atoms in total. The van der Waals surface area contributed by atoms with Gasteiger partial charge in [-0.05, 0) is 45.7 Å². The van der Waals surface area contributed by atoms with Crippen LogP contribution >= 0.6 is 15.9 Å². The van der Waals surface area contributed by atoms with Gasteiger partial charge >= 0.3 is 0 Å². The van der Waals surface area contributed by atoms with Crippen molar-refractivity contribution in [1.82, 2.24) is 30.1 Å². The number of benzene rings is 3. The normalized spacial score (nSPS) is 18.2. The van der Waals surface area contributed by atoms with E-state index in [0.717, 1.165) is 35.0 Å². The molecule has 0 fully saturated rings. The van der Waals surface area contributed by atoms with Crippen molar-refractivity contribution >= 4 is 38.3 Å². The lowest BCUT2D eigenvalue weighted by atomic mass is 9.88. The second-order valence-corrected chi connectivity index (χ2v) is 11.5. The third-order valence-electron chi connectivity index (χ3n) is 7.65. The highest BCUT2D eigenvalue weighted by Gasteiger charge is 2.40. The molecule has 212 valence electrons. The number of likely N-dealkylation sites (N-methyl/N-ethyl adjacent to an activating group) is 1. The quantitative estimate of drug-likeness (QED) is 0.198. The Morgan fingerprint density at radius 1 is 1.05 bits per heavy atom. The zero-order chi connectivity index (χ0) is 28.9. The molecule has 9 heteroatoms. The zero-order valence-corrected chi connectivity index (χ0v) is 24.8. The molecule has 1 amide bonds. The lowest BCUT2D eigenvalue weighted by molar-refractivity contribution is -0.0318. The van der Waals surface area contributed by atoms with Crippen LogP contribution in [0.15, 0.2) is 109 Å². The number of aryl methyl sites for hydroxylation is 2. The Morgan fingerprint density at radius 2 is 1.79 bits per heavy atom. The summed E-state index contributed by atoms with van der Waals surface area (Å²) >= 11 is 3.88. The van der Waals surface area contributed by atoms with Crippen LogP contribution in [0.25, 0.3) is 16.5 Å². The number of hydrogen-bond donors (Lipinski definition) is 1. The molecule has 2 atom stereocenters. The molecule has 0 aliphatic heterocycles. The summed E-state index contributed by atoms with van der Waals surface area (Å²) in [6.07, 6.45) is 9.07. The minimum atomic E-state index is -0.860. The predicted molar refractivity (Wildman–Crippen MR) is 167 cm³/mol. The maximum atomic E-state index is 14.1. The Balaban J connectivity index is 1.26. The maximum absolute atomic E-state index is 14.1. The number of hydrogen-bond acceptors (Lipinski definition) is 5. The van der Waals surface area contributed by atoms with E-state index in [0.29, 0.717) is 17.9 Å². The van der Waals surface area contributed by atoms with Crippen LogP contribution in [-0.4, -0.2) is 60.0 Å². The minimum Gasteiger partial charge on any atom is -0.359 e. The smallest absolute Gasteiger partial charge is 0.255 e. The number of rotatable bonds is 10. The average Bonchev–Trinajstić information content (AvgIpc) is 3.69. The third-order valence-corrected chi connectivity index (χ3v) is 8.69. The van der Waals surface area contributed by atoms with E-state index in [4.69, 9.17) is 4.74 Å². The highest BCUT2D eigenvalue weighted by molar-refractivity contribution is 9.09. The largest absolute Gasteiger partial charge is 0.359 e. The molecule has 0 spiro atoms. The number of carbonyl (C=O) groups is 1. The summed E-state index contributed by atoms with van der Waals surface area (Å²) in [6.45, 7) is 1.25. The van der Waals surface area contributed by atoms with Gasteiger partial charge in [0, 0.05) is 30.7 Å². The number of ether oxygens (including phenoxy) is 1. The molecule has 2 unspecified atom stereocenters. The molecule has 5 aromatic rings. The monoisotopic (exact) mass is 622 g/mol. The number of nitrogens with zero attached hydrogens (tertiary/aromatic N) is 5. The van der Waals surface area contributed by atoms with E-state index in [9.17, 15) is 4.79 Å². The number of allylic oxidation sites excluding steroid dienone is 2. The number of aromatic nitrogens is 5. The fraction of sp³-hybridized carbons (Fsp3) is 0.212. The fourth-order valence-electron chi connectivity index (χ4n) is 5.40. The molecule has 1 N–H and O–H groups in total. The molecular formula is C33H31BrN6O2. The zero-order valence-electron chi connectivity index (χ0n) is 23.2. The van der Waals surface area contributed by atoms with Crippen LogP contribution in [0.5, 0.6) is 0 Å². The van der Waals surface area contributed by atoms with Crippen LogP contribution in [0.4, 0.5) is 0 Å². The predicted octanol–water partition coefficient (Wildman–Crippen LogP) is 5.84. The summed E-state index contributed by atoms with van der Waals surface area (Å²) in [5, 5.41) is 15.0. The number of H-pyrrole nitrogens is 1. The van der Waals surface area contributed by atoms with Gasteiger partial charge in [-0.1, -0.05) is 107 Å². The van der Waals surface area contributed by atoms with Crippen LogP contribution in [0.1, 0.15) is 27.3 Å². The molecule has 1 aliphatic rings. The second kappa shape index (κ2) is 12.3.